The van der Waals surface area contributed by atoms with Gasteiger partial charge in [0, 0.05) is 34.2 Å². The third-order valence-electron chi connectivity index (χ3n) is 2.13. The summed E-state index contributed by atoms with van der Waals surface area (Å²) in [6.45, 7) is 0. The molecule has 0 amide bonds. The van der Waals surface area contributed by atoms with Crippen molar-refractivity contribution in [2.45, 2.75) is 0 Å². The molecular weight excluding hydrogens is 266 g/mol. The lowest BCUT2D eigenvalue weighted by molar-refractivity contribution is 1.33. The van der Waals surface area contributed by atoms with Gasteiger partial charge in [-0.05, 0) is 18.2 Å². The van der Waals surface area contributed by atoms with E-state index in [0.717, 1.165) is 0 Å². The van der Waals surface area contributed by atoms with E-state index in [1.807, 2.05) is 0 Å². The van der Waals surface area contributed by atoms with Crippen LogP contribution in [0.3, 0.4) is 0 Å². The van der Waals surface area contributed by atoms with E-state index < -0.39 is 0 Å². The third kappa shape index (κ3) is 2.09. The van der Waals surface area contributed by atoms with E-state index in [-0.39, 0.29) is 0 Å². The topological polar surface area (TPSA) is 38.9 Å². The van der Waals surface area contributed by atoms with Crippen LogP contribution in [0.15, 0.2) is 30.6 Å². The van der Waals surface area contributed by atoms with Gasteiger partial charge in [0.2, 0.25) is 0 Å². The van der Waals surface area contributed by atoms with Crippen LogP contribution in [-0.4, -0.2) is 4.98 Å². The Morgan fingerprint density at radius 1 is 1.06 bits per heavy atom. The van der Waals surface area contributed by atoms with Crippen LogP contribution >= 0.6 is 34.8 Å². The number of benzene rings is 1. The van der Waals surface area contributed by atoms with Gasteiger partial charge in [0.05, 0.1) is 10.0 Å². The highest BCUT2D eigenvalue weighted by molar-refractivity contribution is 6.42. The average Bonchev–Trinajstić information content (AvgIpc) is 2.19. The predicted octanol–water partition coefficient (Wildman–Crippen LogP) is 4.29. The van der Waals surface area contributed by atoms with E-state index in [0.29, 0.717) is 31.9 Å². The molecule has 0 aliphatic rings. The number of nitrogens with zero attached hydrogens (tertiary/aromatic N) is 1. The average molecular weight is 274 g/mol. The second-order valence-electron chi connectivity index (χ2n) is 3.21. The minimum atomic E-state index is 0.456. The lowest BCUT2D eigenvalue weighted by Crippen LogP contribution is -1.92. The van der Waals surface area contributed by atoms with Gasteiger partial charge in [0.15, 0.2) is 0 Å². The Bertz CT molecular complexity index is 517. The summed E-state index contributed by atoms with van der Waals surface area (Å²) in [5.74, 6) is 0. The van der Waals surface area contributed by atoms with Crippen molar-refractivity contribution >= 4 is 40.5 Å². The van der Waals surface area contributed by atoms with Crippen LogP contribution in [0.2, 0.25) is 15.1 Å². The predicted molar refractivity (Wildman–Crippen MR) is 69.1 cm³/mol. The zero-order valence-corrected chi connectivity index (χ0v) is 10.3. The van der Waals surface area contributed by atoms with E-state index in [9.17, 15) is 0 Å². The maximum Gasteiger partial charge on any atom is 0.0515 e. The first-order valence-electron chi connectivity index (χ1n) is 4.44. The van der Waals surface area contributed by atoms with Crippen molar-refractivity contribution in [2.24, 2.45) is 0 Å². The second-order valence-corrected chi connectivity index (χ2v) is 4.46. The van der Waals surface area contributed by atoms with Gasteiger partial charge in [-0.25, -0.2) is 0 Å². The van der Waals surface area contributed by atoms with E-state index >= 15 is 0 Å². The molecule has 0 atom stereocenters. The molecule has 0 saturated carbocycles. The number of nitrogens with two attached hydrogens (primary N) is 1. The first kappa shape index (κ1) is 11.5. The van der Waals surface area contributed by atoms with Crippen LogP contribution in [0.4, 0.5) is 5.69 Å². The summed E-state index contributed by atoms with van der Waals surface area (Å²) in [7, 11) is 0. The van der Waals surface area contributed by atoms with Gasteiger partial charge < -0.3 is 5.73 Å². The quantitative estimate of drug-likeness (QED) is 0.842. The molecule has 2 aromatic rings. The standard InChI is InChI=1S/C11H7Cl3N2/c12-6-3-8(13)11(9(14)4-6)7-5-16-2-1-10(7)15/h1-5H,(H2,15,16). The Balaban J connectivity index is 2.70. The molecule has 2 N–H and O–H groups in total. The molecule has 2 nitrogen and oxygen atoms in total. The largest absolute Gasteiger partial charge is 0.398 e. The van der Waals surface area contributed by atoms with Crippen LogP contribution in [0.25, 0.3) is 11.1 Å². The normalized spacial score (nSPS) is 10.4. The fourth-order valence-electron chi connectivity index (χ4n) is 1.41. The molecule has 0 spiro atoms. The SMILES string of the molecule is Nc1ccncc1-c1c(Cl)cc(Cl)cc1Cl. The molecule has 0 radical (unpaired) electrons. The van der Waals surface area contributed by atoms with Gasteiger partial charge in [-0.3, -0.25) is 4.98 Å². The number of rotatable bonds is 1. The second kappa shape index (κ2) is 4.50. The van der Waals surface area contributed by atoms with Crippen molar-refractivity contribution in [1.29, 1.82) is 0 Å². The number of halogens is 3. The third-order valence-corrected chi connectivity index (χ3v) is 2.95. The zero-order valence-electron chi connectivity index (χ0n) is 8.05. The van der Waals surface area contributed by atoms with Gasteiger partial charge in [0.25, 0.3) is 0 Å². The minimum Gasteiger partial charge on any atom is -0.398 e. The molecule has 0 unspecified atom stereocenters. The fourth-order valence-corrected chi connectivity index (χ4v) is 2.43. The number of hydrogen-bond acceptors (Lipinski definition) is 2. The first-order chi connectivity index (χ1) is 7.59. The van der Waals surface area contributed by atoms with Gasteiger partial charge in [-0.1, -0.05) is 34.8 Å². The highest BCUT2D eigenvalue weighted by Crippen LogP contribution is 2.39. The smallest absolute Gasteiger partial charge is 0.0515 e. The van der Waals surface area contributed by atoms with Gasteiger partial charge in [-0.15, -0.1) is 0 Å². The highest BCUT2D eigenvalue weighted by atomic mass is 35.5. The van der Waals surface area contributed by atoms with Gasteiger partial charge in [0.1, 0.15) is 0 Å². The molecule has 2 rings (SSSR count). The molecule has 16 heavy (non-hydrogen) atoms. The Kier molecular flexibility index (Phi) is 3.24. The molecule has 0 aliphatic heterocycles. The van der Waals surface area contributed by atoms with Gasteiger partial charge >= 0.3 is 0 Å². The Morgan fingerprint density at radius 3 is 2.25 bits per heavy atom. The summed E-state index contributed by atoms with van der Waals surface area (Å²) >= 11 is 18.0. The summed E-state index contributed by atoms with van der Waals surface area (Å²) < 4.78 is 0. The maximum absolute atomic E-state index is 6.09. The summed E-state index contributed by atoms with van der Waals surface area (Å²) in [5, 5.41) is 1.40. The van der Waals surface area contributed by atoms with Crippen molar-refractivity contribution in [1.82, 2.24) is 4.98 Å². The molecule has 0 saturated heterocycles. The van der Waals surface area contributed by atoms with Crippen LogP contribution in [0, 0.1) is 0 Å². The van der Waals surface area contributed by atoms with Crippen molar-refractivity contribution in [3.8, 4) is 11.1 Å². The molecule has 1 aromatic carbocycles. The number of hydrogen-bond donors (Lipinski definition) is 1. The lowest BCUT2D eigenvalue weighted by atomic mass is 10.1. The molecule has 0 fully saturated rings. The Labute approximate surface area is 108 Å². The summed E-state index contributed by atoms with van der Waals surface area (Å²) in [6.07, 6.45) is 3.23. The monoisotopic (exact) mass is 272 g/mol. The van der Waals surface area contributed by atoms with E-state index in [2.05, 4.69) is 4.98 Å². The molecule has 1 aromatic heterocycles. The van der Waals surface area contributed by atoms with Crippen molar-refractivity contribution < 1.29 is 0 Å². The van der Waals surface area contributed by atoms with Crippen molar-refractivity contribution in [2.75, 3.05) is 5.73 Å². The Morgan fingerprint density at radius 2 is 1.69 bits per heavy atom. The molecule has 0 bridgehead atoms. The van der Waals surface area contributed by atoms with Crippen molar-refractivity contribution in [3.05, 3.63) is 45.7 Å². The molecule has 0 aliphatic carbocycles. The van der Waals surface area contributed by atoms with Crippen LogP contribution in [-0.2, 0) is 0 Å². The fraction of sp³-hybridized carbons (Fsp3) is 0. The molecule has 5 heteroatoms. The minimum absolute atomic E-state index is 0.456. The number of pyridine rings is 1. The Hall–Kier alpha value is -0.960. The van der Waals surface area contributed by atoms with Crippen LogP contribution < -0.4 is 5.73 Å². The molecule has 1 heterocycles. The number of nitrogen functional groups attached to an aromatic ring is 1. The van der Waals surface area contributed by atoms with Crippen LogP contribution in [0.1, 0.15) is 0 Å². The molecular formula is C11H7Cl3N2. The summed E-state index contributed by atoms with van der Waals surface area (Å²) in [5.41, 5.74) is 7.76. The van der Waals surface area contributed by atoms with Crippen LogP contribution in [0.5, 0.6) is 0 Å². The summed E-state index contributed by atoms with van der Waals surface area (Å²) in [4.78, 5) is 4.00. The zero-order chi connectivity index (χ0) is 11.7. The lowest BCUT2D eigenvalue weighted by Gasteiger charge is -2.09. The van der Waals surface area contributed by atoms with E-state index in [1.54, 1.807) is 30.6 Å². The van der Waals surface area contributed by atoms with Crippen molar-refractivity contribution in [3.63, 3.8) is 0 Å². The molecule has 82 valence electrons. The van der Waals surface area contributed by atoms with E-state index in [4.69, 9.17) is 40.5 Å². The summed E-state index contributed by atoms with van der Waals surface area (Å²) in [6, 6.07) is 4.93. The first-order valence-corrected chi connectivity index (χ1v) is 5.57. The highest BCUT2D eigenvalue weighted by Gasteiger charge is 2.12. The number of aromatic nitrogens is 1. The number of anilines is 1. The van der Waals surface area contributed by atoms with Gasteiger partial charge in [-0.2, -0.15) is 0 Å². The maximum atomic E-state index is 6.09. The van der Waals surface area contributed by atoms with E-state index in [1.165, 1.54) is 0 Å².